The van der Waals surface area contributed by atoms with Crippen molar-refractivity contribution in [3.8, 4) is 0 Å². The number of hydrogen-bond donors (Lipinski definition) is 1. The Bertz CT molecular complexity index is 435. The number of nitrogens with two attached hydrogens (primary N) is 1. The molecular weight excluding hydrogens is 234 g/mol. The van der Waals surface area contributed by atoms with E-state index in [2.05, 4.69) is 31.2 Å². The van der Waals surface area contributed by atoms with Crippen molar-refractivity contribution in [3.05, 3.63) is 22.6 Å². The highest BCUT2D eigenvalue weighted by molar-refractivity contribution is 9.10. The molecule has 0 bridgehead atoms. The Labute approximate surface area is 83.1 Å². The summed E-state index contributed by atoms with van der Waals surface area (Å²) in [5, 5.41) is 12.1. The van der Waals surface area contributed by atoms with Gasteiger partial charge in [0.1, 0.15) is 4.60 Å². The standard InChI is InChI=1S/C7H8BrN5/c1-4(9)7-11-10-6-3-2-5(8)12-13(6)7/h2-4H,9H2,1H3/t4-/m1/s1. The second-order valence-corrected chi connectivity index (χ2v) is 3.59. The van der Waals surface area contributed by atoms with Crippen LogP contribution in [0.4, 0.5) is 0 Å². The predicted octanol–water partition coefficient (Wildman–Crippen LogP) is 0.907. The van der Waals surface area contributed by atoms with Crippen LogP contribution in [0.2, 0.25) is 0 Å². The summed E-state index contributed by atoms with van der Waals surface area (Å²) < 4.78 is 2.37. The highest BCUT2D eigenvalue weighted by Crippen LogP contribution is 2.11. The lowest BCUT2D eigenvalue weighted by molar-refractivity contribution is 0.692. The van der Waals surface area contributed by atoms with Gasteiger partial charge in [-0.1, -0.05) is 0 Å². The fraction of sp³-hybridized carbons (Fsp3) is 0.286. The molecule has 1 atom stereocenters. The van der Waals surface area contributed by atoms with Crippen molar-refractivity contribution in [2.45, 2.75) is 13.0 Å². The number of rotatable bonds is 1. The number of halogens is 1. The van der Waals surface area contributed by atoms with Crippen LogP contribution in [0.5, 0.6) is 0 Å². The molecule has 0 aliphatic carbocycles. The van der Waals surface area contributed by atoms with Gasteiger partial charge >= 0.3 is 0 Å². The van der Waals surface area contributed by atoms with Crippen LogP contribution in [-0.2, 0) is 0 Å². The quantitative estimate of drug-likeness (QED) is 0.806. The van der Waals surface area contributed by atoms with E-state index in [4.69, 9.17) is 5.73 Å². The summed E-state index contributed by atoms with van der Waals surface area (Å²) in [5.41, 5.74) is 6.40. The number of aromatic nitrogens is 4. The topological polar surface area (TPSA) is 69.1 Å². The molecule has 2 heterocycles. The van der Waals surface area contributed by atoms with Crippen LogP contribution in [0.25, 0.3) is 5.65 Å². The van der Waals surface area contributed by atoms with E-state index in [1.807, 2.05) is 19.1 Å². The van der Waals surface area contributed by atoms with Crippen LogP contribution in [0.15, 0.2) is 16.7 Å². The van der Waals surface area contributed by atoms with Gasteiger partial charge in [0, 0.05) is 0 Å². The molecule has 5 nitrogen and oxygen atoms in total. The monoisotopic (exact) mass is 241 g/mol. The smallest absolute Gasteiger partial charge is 0.178 e. The molecule has 0 aromatic carbocycles. The van der Waals surface area contributed by atoms with Crippen molar-refractivity contribution >= 4 is 21.6 Å². The summed E-state index contributed by atoms with van der Waals surface area (Å²) in [7, 11) is 0. The molecule has 0 aliphatic rings. The highest BCUT2D eigenvalue weighted by atomic mass is 79.9. The van der Waals surface area contributed by atoms with Gasteiger partial charge in [-0.3, -0.25) is 0 Å². The Morgan fingerprint density at radius 2 is 2.23 bits per heavy atom. The molecule has 2 N–H and O–H groups in total. The lowest BCUT2D eigenvalue weighted by atomic mass is 10.3. The molecule has 0 amide bonds. The minimum absolute atomic E-state index is 0.170. The highest BCUT2D eigenvalue weighted by Gasteiger charge is 2.10. The maximum atomic E-state index is 5.70. The minimum Gasteiger partial charge on any atom is -0.321 e. The minimum atomic E-state index is -0.170. The van der Waals surface area contributed by atoms with Gasteiger partial charge in [0.15, 0.2) is 11.5 Å². The van der Waals surface area contributed by atoms with Crippen LogP contribution < -0.4 is 5.73 Å². The van der Waals surface area contributed by atoms with Crippen molar-refractivity contribution in [2.75, 3.05) is 0 Å². The first kappa shape index (κ1) is 8.58. The number of hydrogen-bond acceptors (Lipinski definition) is 4. The van der Waals surface area contributed by atoms with E-state index in [0.717, 1.165) is 4.60 Å². The van der Waals surface area contributed by atoms with Crippen molar-refractivity contribution in [3.63, 3.8) is 0 Å². The molecule has 0 aliphatic heterocycles. The zero-order chi connectivity index (χ0) is 9.42. The SMILES string of the molecule is C[C@@H](N)c1nnc2ccc(Br)nn12. The fourth-order valence-corrected chi connectivity index (χ4v) is 1.36. The molecule has 6 heteroatoms. The Hall–Kier alpha value is -1.01. The molecule has 2 aromatic rings. The van der Waals surface area contributed by atoms with E-state index in [9.17, 15) is 0 Å². The van der Waals surface area contributed by atoms with E-state index < -0.39 is 0 Å². The summed E-state index contributed by atoms with van der Waals surface area (Å²) >= 11 is 3.27. The van der Waals surface area contributed by atoms with Gasteiger partial charge in [0.2, 0.25) is 0 Å². The molecule has 2 rings (SSSR count). The third-order valence-corrected chi connectivity index (χ3v) is 2.08. The van der Waals surface area contributed by atoms with Crippen molar-refractivity contribution < 1.29 is 0 Å². The summed E-state index contributed by atoms with van der Waals surface area (Å²) in [4.78, 5) is 0. The summed E-state index contributed by atoms with van der Waals surface area (Å²) in [6.45, 7) is 1.85. The van der Waals surface area contributed by atoms with Crippen LogP contribution in [0.1, 0.15) is 18.8 Å². The fourth-order valence-electron chi connectivity index (χ4n) is 1.07. The maximum absolute atomic E-state index is 5.70. The Morgan fingerprint density at radius 3 is 2.92 bits per heavy atom. The molecular formula is C7H8BrN5. The lowest BCUT2D eigenvalue weighted by Crippen LogP contribution is -2.11. The summed E-state index contributed by atoms with van der Waals surface area (Å²) in [5.74, 6) is 0.663. The summed E-state index contributed by atoms with van der Waals surface area (Å²) in [6, 6.07) is 3.47. The van der Waals surface area contributed by atoms with E-state index in [1.165, 1.54) is 0 Å². The average Bonchev–Trinajstić information content (AvgIpc) is 2.46. The maximum Gasteiger partial charge on any atom is 0.178 e. The number of fused-ring (bicyclic) bond motifs is 1. The molecule has 0 saturated heterocycles. The van der Waals surface area contributed by atoms with Crippen LogP contribution in [-0.4, -0.2) is 19.8 Å². The normalized spacial score (nSPS) is 13.5. The Morgan fingerprint density at radius 1 is 1.46 bits per heavy atom. The van der Waals surface area contributed by atoms with Gasteiger partial charge in [0.05, 0.1) is 6.04 Å². The van der Waals surface area contributed by atoms with Gasteiger partial charge in [-0.25, -0.2) is 0 Å². The molecule has 0 spiro atoms. The first-order chi connectivity index (χ1) is 6.18. The van der Waals surface area contributed by atoms with E-state index in [0.29, 0.717) is 11.5 Å². The third-order valence-electron chi connectivity index (χ3n) is 1.66. The average molecular weight is 242 g/mol. The van der Waals surface area contributed by atoms with Crippen molar-refractivity contribution in [1.29, 1.82) is 0 Å². The van der Waals surface area contributed by atoms with Crippen molar-refractivity contribution in [1.82, 2.24) is 19.8 Å². The van der Waals surface area contributed by atoms with Gasteiger partial charge < -0.3 is 5.73 Å². The van der Waals surface area contributed by atoms with Gasteiger partial charge in [0.25, 0.3) is 0 Å². The molecule has 0 radical (unpaired) electrons. The molecule has 0 fully saturated rings. The Kier molecular flexibility index (Phi) is 2.01. The zero-order valence-electron chi connectivity index (χ0n) is 6.98. The van der Waals surface area contributed by atoms with E-state index in [-0.39, 0.29) is 6.04 Å². The predicted molar refractivity (Wildman–Crippen MR) is 51.1 cm³/mol. The third kappa shape index (κ3) is 1.42. The lowest BCUT2D eigenvalue weighted by Gasteiger charge is -2.00. The van der Waals surface area contributed by atoms with Crippen LogP contribution >= 0.6 is 15.9 Å². The zero-order valence-corrected chi connectivity index (χ0v) is 8.56. The van der Waals surface area contributed by atoms with Crippen LogP contribution in [0.3, 0.4) is 0 Å². The molecule has 13 heavy (non-hydrogen) atoms. The molecule has 2 aromatic heterocycles. The van der Waals surface area contributed by atoms with Gasteiger partial charge in [-0.05, 0) is 35.0 Å². The van der Waals surface area contributed by atoms with E-state index in [1.54, 1.807) is 4.52 Å². The van der Waals surface area contributed by atoms with Gasteiger partial charge in [-0.15, -0.1) is 10.2 Å². The largest absolute Gasteiger partial charge is 0.321 e. The number of nitrogens with zero attached hydrogens (tertiary/aromatic N) is 4. The molecule has 0 saturated carbocycles. The second-order valence-electron chi connectivity index (χ2n) is 2.77. The van der Waals surface area contributed by atoms with E-state index >= 15 is 0 Å². The summed E-state index contributed by atoms with van der Waals surface area (Å²) in [6.07, 6.45) is 0. The first-order valence-electron chi connectivity index (χ1n) is 3.82. The van der Waals surface area contributed by atoms with Crippen molar-refractivity contribution in [2.24, 2.45) is 5.73 Å². The first-order valence-corrected chi connectivity index (χ1v) is 4.61. The Balaban J connectivity index is 2.71. The molecule has 0 unspecified atom stereocenters. The second kappa shape index (κ2) is 3.04. The molecule has 68 valence electrons. The van der Waals surface area contributed by atoms with Crippen LogP contribution in [0, 0.1) is 0 Å². The van der Waals surface area contributed by atoms with Gasteiger partial charge in [-0.2, -0.15) is 9.61 Å².